The molecule has 6 heteroatoms. The summed E-state index contributed by atoms with van der Waals surface area (Å²) in [6, 6.07) is 5.86. The predicted octanol–water partition coefficient (Wildman–Crippen LogP) is 3.54. The lowest BCUT2D eigenvalue weighted by Crippen LogP contribution is -2.14. The number of rotatable bonds is 3. The maximum absolute atomic E-state index is 5.63. The van der Waals surface area contributed by atoms with Crippen LogP contribution in [0.5, 0.6) is 0 Å². The van der Waals surface area contributed by atoms with Gasteiger partial charge >= 0.3 is 0 Å². The number of halogens is 1. The van der Waals surface area contributed by atoms with Gasteiger partial charge in [0.2, 0.25) is 5.95 Å². The number of anilines is 2. The predicted molar refractivity (Wildman–Crippen MR) is 89.6 cm³/mol. The molecule has 0 aliphatic heterocycles. The van der Waals surface area contributed by atoms with Crippen molar-refractivity contribution in [2.24, 2.45) is 5.73 Å². The first-order valence-electron chi connectivity index (χ1n) is 6.06. The SMILES string of the molecule is Cc1cc(C(N)=S)nc(Nc2c(C)cc(Br)cc2C)n1. The summed E-state index contributed by atoms with van der Waals surface area (Å²) < 4.78 is 1.05. The van der Waals surface area contributed by atoms with Crippen LogP contribution >= 0.6 is 28.1 Å². The third kappa shape index (κ3) is 3.32. The molecule has 0 fully saturated rings. The smallest absolute Gasteiger partial charge is 0.228 e. The summed E-state index contributed by atoms with van der Waals surface area (Å²) in [5.41, 5.74) is 10.2. The van der Waals surface area contributed by atoms with Crippen molar-refractivity contribution in [3.63, 3.8) is 0 Å². The fourth-order valence-electron chi connectivity index (χ4n) is 1.97. The molecule has 1 aromatic heterocycles. The molecule has 0 radical (unpaired) electrons. The van der Waals surface area contributed by atoms with E-state index in [0.717, 1.165) is 27.0 Å². The highest BCUT2D eigenvalue weighted by Gasteiger charge is 2.09. The van der Waals surface area contributed by atoms with Gasteiger partial charge in [0, 0.05) is 15.9 Å². The van der Waals surface area contributed by atoms with E-state index in [1.165, 1.54) is 0 Å². The van der Waals surface area contributed by atoms with E-state index in [1.54, 1.807) is 6.07 Å². The Hall–Kier alpha value is -1.53. The molecule has 4 nitrogen and oxygen atoms in total. The Morgan fingerprint density at radius 3 is 2.30 bits per heavy atom. The third-order valence-electron chi connectivity index (χ3n) is 2.84. The van der Waals surface area contributed by atoms with Crippen molar-refractivity contribution in [2.45, 2.75) is 20.8 Å². The van der Waals surface area contributed by atoms with Crippen LogP contribution in [0.4, 0.5) is 11.6 Å². The maximum atomic E-state index is 5.63. The summed E-state index contributed by atoms with van der Waals surface area (Å²) in [5.74, 6) is 0.501. The monoisotopic (exact) mass is 350 g/mol. The zero-order valence-corrected chi connectivity index (χ0v) is 13.9. The van der Waals surface area contributed by atoms with Crippen LogP contribution in [0, 0.1) is 20.8 Å². The number of hydrogen-bond acceptors (Lipinski definition) is 4. The molecule has 2 aromatic rings. The van der Waals surface area contributed by atoms with Gasteiger partial charge in [0.05, 0.1) is 0 Å². The van der Waals surface area contributed by atoms with Gasteiger partial charge in [-0.15, -0.1) is 0 Å². The van der Waals surface area contributed by atoms with Crippen LogP contribution in [0.2, 0.25) is 0 Å². The summed E-state index contributed by atoms with van der Waals surface area (Å²) in [6.45, 7) is 5.95. The second-order valence-corrected chi connectivity index (χ2v) is 5.98. The Kier molecular flexibility index (Phi) is 4.35. The molecule has 3 N–H and O–H groups in total. The maximum Gasteiger partial charge on any atom is 0.228 e. The van der Waals surface area contributed by atoms with Crippen molar-refractivity contribution in [3.8, 4) is 0 Å². The van der Waals surface area contributed by atoms with Crippen molar-refractivity contribution in [3.05, 3.63) is 45.2 Å². The molecule has 0 atom stereocenters. The Balaban J connectivity index is 2.42. The van der Waals surface area contributed by atoms with Gasteiger partial charge in [-0.1, -0.05) is 28.1 Å². The first-order chi connectivity index (χ1) is 9.36. The Labute approximate surface area is 132 Å². The lowest BCUT2D eigenvalue weighted by molar-refractivity contribution is 1.09. The number of aryl methyl sites for hydroxylation is 3. The van der Waals surface area contributed by atoms with Gasteiger partial charge < -0.3 is 11.1 Å². The highest BCUT2D eigenvalue weighted by molar-refractivity contribution is 9.10. The summed E-state index contributed by atoms with van der Waals surface area (Å²) in [7, 11) is 0. The van der Waals surface area contributed by atoms with Gasteiger partial charge in [-0.3, -0.25) is 0 Å². The van der Waals surface area contributed by atoms with Gasteiger partial charge in [-0.25, -0.2) is 9.97 Å². The number of thiocarbonyl (C=S) groups is 1. The van der Waals surface area contributed by atoms with Crippen LogP contribution < -0.4 is 11.1 Å². The Bertz CT molecular complexity index is 662. The van der Waals surface area contributed by atoms with Gasteiger partial charge in [-0.2, -0.15) is 0 Å². The average molecular weight is 351 g/mol. The van der Waals surface area contributed by atoms with E-state index in [2.05, 4.69) is 31.2 Å². The van der Waals surface area contributed by atoms with Crippen molar-refractivity contribution < 1.29 is 0 Å². The standard InChI is InChI=1S/C14H15BrN4S/c1-7-4-10(15)5-8(2)12(7)19-14-17-9(3)6-11(18-14)13(16)20/h4-6H,1-3H3,(H2,16,20)(H,17,18,19). The number of hydrogen-bond donors (Lipinski definition) is 2. The topological polar surface area (TPSA) is 63.8 Å². The minimum atomic E-state index is 0.266. The minimum absolute atomic E-state index is 0.266. The molecule has 20 heavy (non-hydrogen) atoms. The number of nitrogens with one attached hydrogen (secondary N) is 1. The lowest BCUT2D eigenvalue weighted by Gasteiger charge is -2.13. The van der Waals surface area contributed by atoms with Gasteiger partial charge in [0.1, 0.15) is 10.7 Å². The van der Waals surface area contributed by atoms with Crippen LogP contribution in [-0.4, -0.2) is 15.0 Å². The average Bonchev–Trinajstić information content (AvgIpc) is 2.33. The molecule has 0 spiro atoms. The summed E-state index contributed by atoms with van der Waals surface area (Å²) in [4.78, 5) is 8.97. The van der Waals surface area contributed by atoms with Gasteiger partial charge in [0.25, 0.3) is 0 Å². The van der Waals surface area contributed by atoms with Gasteiger partial charge in [0.15, 0.2) is 0 Å². The molecule has 2 rings (SSSR count). The molecule has 0 amide bonds. The molecule has 104 valence electrons. The van der Waals surface area contributed by atoms with E-state index >= 15 is 0 Å². The van der Waals surface area contributed by atoms with E-state index in [0.29, 0.717) is 11.6 Å². The Morgan fingerprint density at radius 1 is 1.15 bits per heavy atom. The molecular formula is C14H15BrN4S. The van der Waals surface area contributed by atoms with Gasteiger partial charge in [-0.05, 0) is 50.1 Å². The number of aromatic nitrogens is 2. The first-order valence-corrected chi connectivity index (χ1v) is 7.26. The lowest BCUT2D eigenvalue weighted by atomic mass is 10.1. The van der Waals surface area contributed by atoms with Crippen LogP contribution in [0.1, 0.15) is 22.5 Å². The molecule has 0 saturated carbocycles. The van der Waals surface area contributed by atoms with Crippen LogP contribution in [0.3, 0.4) is 0 Å². The second kappa shape index (κ2) is 5.85. The molecule has 0 aliphatic rings. The highest BCUT2D eigenvalue weighted by atomic mass is 79.9. The number of nitrogens with two attached hydrogens (primary N) is 1. The Morgan fingerprint density at radius 2 is 1.75 bits per heavy atom. The summed E-state index contributed by atoms with van der Waals surface area (Å²) in [5, 5.41) is 3.25. The van der Waals surface area contributed by atoms with Crippen molar-refractivity contribution in [1.29, 1.82) is 0 Å². The molecule has 1 aromatic carbocycles. The molecule has 0 aliphatic carbocycles. The molecule has 0 bridgehead atoms. The largest absolute Gasteiger partial charge is 0.388 e. The van der Waals surface area contributed by atoms with Crippen molar-refractivity contribution in [1.82, 2.24) is 9.97 Å². The van der Waals surface area contributed by atoms with E-state index < -0.39 is 0 Å². The van der Waals surface area contributed by atoms with Crippen LogP contribution in [0.25, 0.3) is 0 Å². The second-order valence-electron chi connectivity index (χ2n) is 4.62. The van der Waals surface area contributed by atoms with Crippen LogP contribution in [-0.2, 0) is 0 Å². The number of benzene rings is 1. The zero-order valence-electron chi connectivity index (χ0n) is 11.5. The third-order valence-corrected chi connectivity index (χ3v) is 3.51. The number of nitrogens with zero attached hydrogens (tertiary/aromatic N) is 2. The first kappa shape index (κ1) is 14.9. The fraction of sp³-hybridized carbons (Fsp3) is 0.214. The zero-order chi connectivity index (χ0) is 14.9. The molecule has 0 saturated heterocycles. The van der Waals surface area contributed by atoms with Crippen LogP contribution in [0.15, 0.2) is 22.7 Å². The van der Waals surface area contributed by atoms with E-state index in [4.69, 9.17) is 18.0 Å². The summed E-state index contributed by atoms with van der Waals surface area (Å²) in [6.07, 6.45) is 0. The highest BCUT2D eigenvalue weighted by Crippen LogP contribution is 2.27. The van der Waals surface area contributed by atoms with Crippen molar-refractivity contribution in [2.75, 3.05) is 5.32 Å². The van der Waals surface area contributed by atoms with E-state index in [1.807, 2.05) is 32.9 Å². The van der Waals surface area contributed by atoms with E-state index in [-0.39, 0.29) is 4.99 Å². The fourth-order valence-corrected chi connectivity index (χ4v) is 2.76. The molecule has 0 unspecified atom stereocenters. The molecule has 1 heterocycles. The normalized spacial score (nSPS) is 10.4. The van der Waals surface area contributed by atoms with E-state index in [9.17, 15) is 0 Å². The quantitative estimate of drug-likeness (QED) is 0.828. The summed E-state index contributed by atoms with van der Waals surface area (Å²) >= 11 is 8.45. The molecular weight excluding hydrogens is 336 g/mol. The van der Waals surface area contributed by atoms with Crippen molar-refractivity contribution >= 4 is 44.8 Å². The minimum Gasteiger partial charge on any atom is -0.388 e.